The highest BCUT2D eigenvalue weighted by molar-refractivity contribution is 5.69. The fraction of sp³-hybridized carbons (Fsp3) is 0.727. The van der Waals surface area contributed by atoms with Crippen molar-refractivity contribution in [1.29, 1.82) is 0 Å². The molecule has 0 bridgehead atoms. The van der Waals surface area contributed by atoms with Gasteiger partial charge in [-0.15, -0.1) is 0 Å². The van der Waals surface area contributed by atoms with E-state index in [1.807, 2.05) is 0 Å². The molecule has 18 heavy (non-hydrogen) atoms. The Hall–Kier alpha value is -1.63. The first-order valence-electron chi connectivity index (χ1n) is 5.65. The molecule has 1 saturated heterocycles. The highest BCUT2D eigenvalue weighted by Gasteiger charge is 2.34. The van der Waals surface area contributed by atoms with Gasteiger partial charge in [-0.3, -0.25) is 14.4 Å². The molecular formula is C11H16O7. The smallest absolute Gasteiger partial charge is 0.305 e. The quantitative estimate of drug-likeness (QED) is 0.633. The van der Waals surface area contributed by atoms with Crippen LogP contribution in [0.1, 0.15) is 25.7 Å². The summed E-state index contributed by atoms with van der Waals surface area (Å²) in [4.78, 5) is 31.9. The number of carboxylic acid groups (broad SMARTS) is 3. The van der Waals surface area contributed by atoms with Gasteiger partial charge in [0, 0.05) is 6.42 Å². The molecule has 1 aliphatic rings. The van der Waals surface area contributed by atoms with Gasteiger partial charge in [0.1, 0.15) is 0 Å². The van der Waals surface area contributed by atoms with Crippen molar-refractivity contribution in [3.8, 4) is 0 Å². The van der Waals surface area contributed by atoms with Crippen LogP contribution < -0.4 is 0 Å². The van der Waals surface area contributed by atoms with Crippen LogP contribution in [-0.2, 0) is 19.1 Å². The lowest BCUT2D eigenvalue weighted by Crippen LogP contribution is -2.37. The van der Waals surface area contributed by atoms with Gasteiger partial charge in [0.2, 0.25) is 0 Å². The molecule has 0 aromatic heterocycles. The van der Waals surface area contributed by atoms with E-state index in [1.54, 1.807) is 0 Å². The molecule has 0 aromatic carbocycles. The second-order valence-corrected chi connectivity index (χ2v) is 4.50. The summed E-state index contributed by atoms with van der Waals surface area (Å²) < 4.78 is 5.28. The molecule has 0 spiro atoms. The number of hydrogen-bond acceptors (Lipinski definition) is 4. The third kappa shape index (κ3) is 4.70. The average molecular weight is 260 g/mol. The van der Waals surface area contributed by atoms with Crippen molar-refractivity contribution < 1.29 is 34.4 Å². The van der Waals surface area contributed by atoms with E-state index in [9.17, 15) is 14.4 Å². The first-order valence-corrected chi connectivity index (χ1v) is 5.65. The van der Waals surface area contributed by atoms with Gasteiger partial charge in [-0.05, 0) is 18.3 Å². The third-order valence-electron chi connectivity index (χ3n) is 3.05. The van der Waals surface area contributed by atoms with E-state index in [4.69, 9.17) is 20.1 Å². The summed E-state index contributed by atoms with van der Waals surface area (Å²) in [5.41, 5.74) is 0. The van der Waals surface area contributed by atoms with Crippen molar-refractivity contribution >= 4 is 17.9 Å². The molecule has 0 amide bonds. The summed E-state index contributed by atoms with van der Waals surface area (Å²) in [6.07, 6.45) is -0.751. The van der Waals surface area contributed by atoms with Crippen molar-refractivity contribution in [1.82, 2.24) is 0 Å². The van der Waals surface area contributed by atoms with Crippen LogP contribution >= 0.6 is 0 Å². The largest absolute Gasteiger partial charge is 0.481 e. The summed E-state index contributed by atoms with van der Waals surface area (Å²) in [5.74, 6) is -3.74. The number of aliphatic carboxylic acids is 3. The summed E-state index contributed by atoms with van der Waals surface area (Å²) in [7, 11) is 0. The SMILES string of the molecule is O=C(O)CC1CC(CC(=O)O)C(CC(=O)O)CO1. The molecule has 1 fully saturated rings. The second-order valence-electron chi connectivity index (χ2n) is 4.50. The highest BCUT2D eigenvalue weighted by atomic mass is 16.5. The lowest BCUT2D eigenvalue weighted by molar-refractivity contribution is -0.150. The van der Waals surface area contributed by atoms with Crippen LogP contribution in [0.25, 0.3) is 0 Å². The maximum Gasteiger partial charge on any atom is 0.305 e. The van der Waals surface area contributed by atoms with Crippen LogP contribution in [0.15, 0.2) is 0 Å². The van der Waals surface area contributed by atoms with Crippen LogP contribution in [0.5, 0.6) is 0 Å². The molecule has 0 radical (unpaired) electrons. The van der Waals surface area contributed by atoms with Crippen molar-refractivity contribution in [2.24, 2.45) is 11.8 Å². The molecule has 1 heterocycles. The molecule has 3 atom stereocenters. The van der Waals surface area contributed by atoms with Gasteiger partial charge in [-0.25, -0.2) is 0 Å². The lowest BCUT2D eigenvalue weighted by Gasteiger charge is -2.34. The predicted molar refractivity (Wildman–Crippen MR) is 58.1 cm³/mol. The predicted octanol–water partition coefficient (Wildman–Crippen LogP) is 0.432. The average Bonchev–Trinajstić information content (AvgIpc) is 2.19. The molecule has 102 valence electrons. The van der Waals surface area contributed by atoms with Gasteiger partial charge in [-0.1, -0.05) is 0 Å². The topological polar surface area (TPSA) is 121 Å². The van der Waals surface area contributed by atoms with E-state index in [2.05, 4.69) is 0 Å². The van der Waals surface area contributed by atoms with Gasteiger partial charge in [0.25, 0.3) is 0 Å². The first kappa shape index (κ1) is 14.4. The number of carboxylic acids is 3. The van der Waals surface area contributed by atoms with Gasteiger partial charge < -0.3 is 20.1 Å². The van der Waals surface area contributed by atoms with Crippen molar-refractivity contribution in [3.05, 3.63) is 0 Å². The van der Waals surface area contributed by atoms with Crippen LogP contribution in [0.3, 0.4) is 0 Å². The Bertz CT molecular complexity index is 338. The Kier molecular flexibility index (Phi) is 5.08. The Morgan fingerprint density at radius 1 is 0.889 bits per heavy atom. The van der Waals surface area contributed by atoms with Crippen LogP contribution in [0.4, 0.5) is 0 Å². The zero-order valence-electron chi connectivity index (χ0n) is 9.74. The summed E-state index contributed by atoms with van der Waals surface area (Å²) in [6, 6.07) is 0. The van der Waals surface area contributed by atoms with Gasteiger partial charge in [0.15, 0.2) is 0 Å². The Balaban J connectivity index is 2.62. The molecule has 1 rings (SSSR count). The van der Waals surface area contributed by atoms with Crippen molar-refractivity contribution in [2.45, 2.75) is 31.8 Å². The van der Waals surface area contributed by atoms with E-state index in [1.165, 1.54) is 0 Å². The van der Waals surface area contributed by atoms with Crippen LogP contribution in [0.2, 0.25) is 0 Å². The summed E-state index contributed by atoms with van der Waals surface area (Å²) in [6.45, 7) is 0.0994. The fourth-order valence-corrected chi connectivity index (χ4v) is 2.26. The minimum Gasteiger partial charge on any atom is -0.481 e. The fourth-order valence-electron chi connectivity index (χ4n) is 2.26. The number of rotatable bonds is 6. The normalized spacial score (nSPS) is 27.7. The molecule has 7 heteroatoms. The molecule has 1 aliphatic heterocycles. The van der Waals surface area contributed by atoms with E-state index in [0.717, 1.165) is 0 Å². The maximum atomic E-state index is 10.7. The Labute approximate surface area is 103 Å². The molecule has 0 aromatic rings. The minimum atomic E-state index is -1.01. The van der Waals surface area contributed by atoms with Crippen molar-refractivity contribution in [3.63, 3.8) is 0 Å². The minimum absolute atomic E-state index is 0.0994. The van der Waals surface area contributed by atoms with Gasteiger partial charge >= 0.3 is 17.9 Å². The Morgan fingerprint density at radius 2 is 1.39 bits per heavy atom. The molecular weight excluding hydrogens is 244 g/mol. The van der Waals surface area contributed by atoms with Crippen LogP contribution in [0, 0.1) is 11.8 Å². The van der Waals surface area contributed by atoms with Gasteiger partial charge in [0.05, 0.1) is 25.6 Å². The molecule has 3 N–H and O–H groups in total. The lowest BCUT2D eigenvalue weighted by atomic mass is 9.81. The van der Waals surface area contributed by atoms with E-state index in [0.29, 0.717) is 0 Å². The Morgan fingerprint density at radius 3 is 1.89 bits per heavy atom. The first-order chi connectivity index (χ1) is 8.38. The zero-order valence-corrected chi connectivity index (χ0v) is 9.74. The highest BCUT2D eigenvalue weighted by Crippen LogP contribution is 2.32. The number of carbonyl (C=O) groups is 3. The maximum absolute atomic E-state index is 10.7. The zero-order chi connectivity index (χ0) is 13.7. The van der Waals surface area contributed by atoms with Crippen molar-refractivity contribution in [2.75, 3.05) is 6.61 Å². The summed E-state index contributed by atoms with van der Waals surface area (Å²) >= 11 is 0. The number of ether oxygens (including phenoxy) is 1. The second kappa shape index (κ2) is 6.34. The standard InChI is InChI=1S/C11H16O7/c12-9(13)2-6-1-8(4-11(16)17)18-5-7(6)3-10(14)15/h6-8H,1-5H2,(H,12,13)(H,14,15)(H,16,17). The molecule has 7 nitrogen and oxygen atoms in total. The molecule has 0 aliphatic carbocycles. The summed E-state index contributed by atoms with van der Waals surface area (Å²) in [5, 5.41) is 26.2. The van der Waals surface area contributed by atoms with Crippen LogP contribution in [-0.4, -0.2) is 45.9 Å². The van der Waals surface area contributed by atoms with E-state index in [-0.39, 0.29) is 44.1 Å². The van der Waals surface area contributed by atoms with E-state index < -0.39 is 24.0 Å². The molecule has 0 saturated carbocycles. The monoisotopic (exact) mass is 260 g/mol. The third-order valence-corrected chi connectivity index (χ3v) is 3.05. The van der Waals surface area contributed by atoms with E-state index >= 15 is 0 Å². The van der Waals surface area contributed by atoms with Gasteiger partial charge in [-0.2, -0.15) is 0 Å². The molecule has 3 unspecified atom stereocenters. The number of hydrogen-bond donors (Lipinski definition) is 3.